The Balaban J connectivity index is 2.00. The first kappa shape index (κ1) is 12.3. The van der Waals surface area contributed by atoms with E-state index >= 15 is 0 Å². The van der Waals surface area contributed by atoms with E-state index in [1.807, 2.05) is 0 Å². The van der Waals surface area contributed by atoms with E-state index in [1.165, 1.54) is 19.4 Å². The maximum Gasteiger partial charge on any atom is 0.129 e. The summed E-state index contributed by atoms with van der Waals surface area (Å²) < 4.78 is 0. The minimum absolute atomic E-state index is 0.451. The van der Waals surface area contributed by atoms with Crippen molar-refractivity contribution in [1.82, 2.24) is 14.9 Å². The average Bonchev–Trinajstić information content (AvgIpc) is 2.29. The van der Waals surface area contributed by atoms with Gasteiger partial charge in [-0.15, -0.1) is 0 Å². The van der Waals surface area contributed by atoms with Crippen LogP contribution in [0.3, 0.4) is 0 Å². The second-order valence-corrected chi connectivity index (χ2v) is 5.23. The summed E-state index contributed by atoms with van der Waals surface area (Å²) in [4.78, 5) is 11.0. The van der Waals surface area contributed by atoms with Gasteiger partial charge in [-0.3, -0.25) is 0 Å². The first-order chi connectivity index (χ1) is 8.15. The second kappa shape index (κ2) is 5.45. The molecule has 1 aliphatic heterocycles. The van der Waals surface area contributed by atoms with Crippen molar-refractivity contribution in [2.75, 3.05) is 25.5 Å². The summed E-state index contributed by atoms with van der Waals surface area (Å²) in [5.74, 6) is 1.41. The Labute approximate surface area is 103 Å². The number of anilines is 1. The van der Waals surface area contributed by atoms with Gasteiger partial charge in [0.2, 0.25) is 0 Å². The van der Waals surface area contributed by atoms with Crippen molar-refractivity contribution >= 4 is 5.82 Å². The molecule has 0 saturated carbocycles. The Morgan fingerprint density at radius 2 is 2.24 bits per heavy atom. The van der Waals surface area contributed by atoms with Crippen molar-refractivity contribution in [3.8, 4) is 0 Å². The Morgan fingerprint density at radius 1 is 1.41 bits per heavy atom. The molecule has 4 heteroatoms. The molecule has 17 heavy (non-hydrogen) atoms. The van der Waals surface area contributed by atoms with Gasteiger partial charge in [0.15, 0.2) is 0 Å². The van der Waals surface area contributed by atoms with E-state index in [1.54, 1.807) is 6.33 Å². The van der Waals surface area contributed by atoms with Crippen LogP contribution in [0.5, 0.6) is 0 Å². The van der Waals surface area contributed by atoms with E-state index in [2.05, 4.69) is 47.1 Å². The third kappa shape index (κ3) is 3.40. The summed E-state index contributed by atoms with van der Waals surface area (Å²) >= 11 is 0. The summed E-state index contributed by atoms with van der Waals surface area (Å²) in [6.45, 7) is 6.61. The number of hydrogen-bond donors (Lipinski definition) is 1. The quantitative estimate of drug-likeness (QED) is 0.869. The van der Waals surface area contributed by atoms with Gasteiger partial charge in [-0.05, 0) is 32.4 Å². The van der Waals surface area contributed by atoms with Crippen LogP contribution >= 0.6 is 0 Å². The lowest BCUT2D eigenvalue weighted by atomic mass is 10.1. The number of likely N-dealkylation sites (tertiary alicyclic amines) is 1. The van der Waals surface area contributed by atoms with Crippen molar-refractivity contribution in [3.05, 3.63) is 18.1 Å². The predicted molar refractivity (Wildman–Crippen MR) is 70.3 cm³/mol. The van der Waals surface area contributed by atoms with Crippen LogP contribution in [0.4, 0.5) is 5.82 Å². The fourth-order valence-corrected chi connectivity index (χ4v) is 2.26. The van der Waals surface area contributed by atoms with Gasteiger partial charge in [0.25, 0.3) is 0 Å². The van der Waals surface area contributed by atoms with E-state index in [9.17, 15) is 0 Å². The summed E-state index contributed by atoms with van der Waals surface area (Å²) in [6, 6.07) is 2.59. The Hall–Kier alpha value is -1.16. The summed E-state index contributed by atoms with van der Waals surface area (Å²) in [7, 11) is 2.17. The molecule has 1 atom stereocenters. The Kier molecular flexibility index (Phi) is 3.94. The zero-order chi connectivity index (χ0) is 12.3. The monoisotopic (exact) mass is 234 g/mol. The molecule has 2 rings (SSSR count). The zero-order valence-corrected chi connectivity index (χ0v) is 11.0. The number of likely N-dealkylation sites (N-methyl/N-ethyl adjacent to an activating group) is 1. The van der Waals surface area contributed by atoms with Crippen molar-refractivity contribution in [2.45, 2.75) is 38.6 Å². The smallest absolute Gasteiger partial charge is 0.129 e. The van der Waals surface area contributed by atoms with Gasteiger partial charge in [-0.2, -0.15) is 0 Å². The van der Waals surface area contributed by atoms with Gasteiger partial charge in [0, 0.05) is 24.3 Å². The number of nitrogens with zero attached hydrogens (tertiary/aromatic N) is 3. The Morgan fingerprint density at radius 3 is 2.94 bits per heavy atom. The van der Waals surface area contributed by atoms with E-state index < -0.39 is 0 Å². The molecule has 2 heterocycles. The standard InChI is InChI=1S/C13H22N4/c1-10(2)12-7-13(15-9-14-12)16-11-5-4-6-17(3)8-11/h7,9-11H,4-6,8H2,1-3H3,(H,14,15,16). The van der Waals surface area contributed by atoms with Gasteiger partial charge >= 0.3 is 0 Å². The molecule has 0 spiro atoms. The predicted octanol–water partition coefficient (Wildman–Crippen LogP) is 2.11. The molecule has 94 valence electrons. The molecule has 1 N–H and O–H groups in total. The highest BCUT2D eigenvalue weighted by Crippen LogP contribution is 2.17. The van der Waals surface area contributed by atoms with Crippen LogP contribution in [0.15, 0.2) is 12.4 Å². The molecule has 0 bridgehead atoms. The summed E-state index contributed by atoms with van der Waals surface area (Å²) in [6.07, 6.45) is 4.14. The fourth-order valence-electron chi connectivity index (χ4n) is 2.26. The normalized spacial score (nSPS) is 21.8. The molecule has 0 aliphatic carbocycles. The zero-order valence-electron chi connectivity index (χ0n) is 11.0. The molecule has 1 saturated heterocycles. The van der Waals surface area contributed by atoms with Gasteiger partial charge in [-0.25, -0.2) is 9.97 Å². The van der Waals surface area contributed by atoms with Gasteiger partial charge in [0.1, 0.15) is 12.1 Å². The number of rotatable bonds is 3. The Bertz CT molecular complexity index is 364. The molecular weight excluding hydrogens is 212 g/mol. The SMILES string of the molecule is CC(C)c1cc(NC2CCCN(C)C2)ncn1. The lowest BCUT2D eigenvalue weighted by Crippen LogP contribution is -2.39. The maximum atomic E-state index is 4.30. The molecule has 1 aromatic heterocycles. The van der Waals surface area contributed by atoms with Crippen LogP contribution in [0.2, 0.25) is 0 Å². The largest absolute Gasteiger partial charge is 0.366 e. The minimum Gasteiger partial charge on any atom is -0.366 e. The van der Waals surface area contributed by atoms with Crippen molar-refractivity contribution in [2.24, 2.45) is 0 Å². The molecule has 1 fully saturated rings. The lowest BCUT2D eigenvalue weighted by Gasteiger charge is -2.30. The van der Waals surface area contributed by atoms with Crippen molar-refractivity contribution < 1.29 is 0 Å². The van der Waals surface area contributed by atoms with E-state index in [0.717, 1.165) is 18.1 Å². The highest BCUT2D eigenvalue weighted by atomic mass is 15.2. The van der Waals surface area contributed by atoms with Crippen molar-refractivity contribution in [3.63, 3.8) is 0 Å². The van der Waals surface area contributed by atoms with Gasteiger partial charge < -0.3 is 10.2 Å². The molecule has 1 unspecified atom stereocenters. The summed E-state index contributed by atoms with van der Waals surface area (Å²) in [5, 5.41) is 3.51. The first-order valence-electron chi connectivity index (χ1n) is 6.42. The van der Waals surface area contributed by atoms with E-state index in [4.69, 9.17) is 0 Å². The van der Waals surface area contributed by atoms with Crippen LogP contribution in [0, 0.1) is 0 Å². The fraction of sp³-hybridized carbons (Fsp3) is 0.692. The van der Waals surface area contributed by atoms with Crippen LogP contribution in [0.1, 0.15) is 38.3 Å². The third-order valence-corrected chi connectivity index (χ3v) is 3.26. The number of nitrogens with one attached hydrogen (secondary N) is 1. The van der Waals surface area contributed by atoms with E-state index in [0.29, 0.717) is 12.0 Å². The molecule has 1 aliphatic rings. The van der Waals surface area contributed by atoms with Crippen LogP contribution in [0.25, 0.3) is 0 Å². The minimum atomic E-state index is 0.451. The summed E-state index contributed by atoms with van der Waals surface area (Å²) in [5.41, 5.74) is 1.10. The molecule has 1 aromatic rings. The number of piperidine rings is 1. The average molecular weight is 234 g/mol. The highest BCUT2D eigenvalue weighted by Gasteiger charge is 2.17. The van der Waals surface area contributed by atoms with Gasteiger partial charge in [-0.1, -0.05) is 13.8 Å². The van der Waals surface area contributed by atoms with Crippen molar-refractivity contribution in [1.29, 1.82) is 0 Å². The second-order valence-electron chi connectivity index (χ2n) is 5.23. The van der Waals surface area contributed by atoms with Crippen LogP contribution < -0.4 is 5.32 Å². The third-order valence-electron chi connectivity index (χ3n) is 3.26. The van der Waals surface area contributed by atoms with Gasteiger partial charge in [0.05, 0.1) is 0 Å². The number of hydrogen-bond acceptors (Lipinski definition) is 4. The van der Waals surface area contributed by atoms with E-state index in [-0.39, 0.29) is 0 Å². The first-order valence-corrected chi connectivity index (χ1v) is 6.42. The maximum absolute atomic E-state index is 4.30. The number of aromatic nitrogens is 2. The van der Waals surface area contributed by atoms with Crippen LogP contribution in [-0.4, -0.2) is 41.0 Å². The molecule has 4 nitrogen and oxygen atoms in total. The van der Waals surface area contributed by atoms with Crippen LogP contribution in [-0.2, 0) is 0 Å². The lowest BCUT2D eigenvalue weighted by molar-refractivity contribution is 0.260. The molecule has 0 amide bonds. The molecular formula is C13H22N4. The highest BCUT2D eigenvalue weighted by molar-refractivity contribution is 5.37. The molecule has 0 radical (unpaired) electrons. The molecule has 0 aromatic carbocycles. The topological polar surface area (TPSA) is 41.0 Å².